The van der Waals surface area contributed by atoms with E-state index in [0.717, 1.165) is 83.0 Å². The molecule has 8 aromatic rings. The number of nitrogens with one attached hydrogen (secondary N) is 1. The highest BCUT2D eigenvalue weighted by molar-refractivity contribution is 6.14. The van der Waals surface area contributed by atoms with E-state index in [2.05, 4.69) is 91.2 Å². The number of para-hydroxylation sites is 1. The normalized spacial score (nSPS) is 12.1. The van der Waals surface area contributed by atoms with Crippen LogP contribution in [0.2, 0.25) is 0 Å². The summed E-state index contributed by atoms with van der Waals surface area (Å²) in [5.41, 5.74) is 15.1. The number of carbonyl (C=O) groups is 2. The predicted octanol–water partition coefficient (Wildman–Crippen LogP) is 11.0. The van der Waals surface area contributed by atoms with Gasteiger partial charge in [0.1, 0.15) is 0 Å². The lowest BCUT2D eigenvalue weighted by Crippen LogP contribution is -2.18. The molecule has 0 amide bonds. The number of aryl methyl sites for hydroxylation is 6. The summed E-state index contributed by atoms with van der Waals surface area (Å²) in [6.45, 7) is 16.9. The lowest BCUT2D eigenvalue weighted by molar-refractivity contribution is -0.118. The Labute approximate surface area is 381 Å². The number of H-pyrrole nitrogens is 1. The minimum Gasteiger partial charge on any atom is -0.494 e. The van der Waals surface area contributed by atoms with E-state index in [0.29, 0.717) is 41.9 Å². The topological polar surface area (TPSA) is 128 Å². The minimum absolute atomic E-state index is 0.0301. The second-order valence-corrected chi connectivity index (χ2v) is 17.8. The summed E-state index contributed by atoms with van der Waals surface area (Å²) in [6.07, 6.45) is 2.68. The standard InChI is InChI=1S/C30H29N3O2.C25H31N3O2/c1-18-9-10-26-28(14-18)33(23-12-19(2)11-20(3)13-23)30(35)29(26)21(4)31-17-24(34)15-22-16-32-27-8-6-5-7-25(22)27;1-16-7-8-22-23(14-16)28(20-12-17(2)11-18(3)13-20)25(30)24(22)19(4)26-15-21(29)9-10-27(5)6/h5-14,16,32,35H,15,17H2,1-4H3;7-8,11-14,30H,9-10,15H2,1-6H3. The maximum absolute atomic E-state index is 12.8. The fourth-order valence-corrected chi connectivity index (χ4v) is 8.71. The Hall–Kier alpha value is -7.04. The highest BCUT2D eigenvalue weighted by Crippen LogP contribution is 2.37. The van der Waals surface area contributed by atoms with E-state index in [9.17, 15) is 19.8 Å². The van der Waals surface area contributed by atoms with Crippen molar-refractivity contribution in [2.24, 2.45) is 9.98 Å². The minimum atomic E-state index is 0.0301. The summed E-state index contributed by atoms with van der Waals surface area (Å²) in [5.74, 6) is 0.419. The highest BCUT2D eigenvalue weighted by atomic mass is 16.3. The van der Waals surface area contributed by atoms with Crippen molar-refractivity contribution in [1.29, 1.82) is 0 Å². The quantitative estimate of drug-likeness (QED) is 0.0994. The molecule has 0 aliphatic rings. The van der Waals surface area contributed by atoms with E-state index < -0.39 is 0 Å². The monoisotopic (exact) mass is 868 g/mol. The first kappa shape index (κ1) is 46.0. The highest BCUT2D eigenvalue weighted by Gasteiger charge is 2.22. The Bertz CT molecular complexity index is 3120. The summed E-state index contributed by atoms with van der Waals surface area (Å²) in [7, 11) is 3.90. The van der Waals surface area contributed by atoms with Crippen molar-refractivity contribution in [3.63, 3.8) is 0 Å². The van der Waals surface area contributed by atoms with Gasteiger partial charge in [-0.2, -0.15) is 0 Å². The van der Waals surface area contributed by atoms with Gasteiger partial charge in [0.15, 0.2) is 11.6 Å². The van der Waals surface area contributed by atoms with Crippen LogP contribution in [0, 0.1) is 41.5 Å². The van der Waals surface area contributed by atoms with Crippen LogP contribution in [0.4, 0.5) is 0 Å². The fourth-order valence-electron chi connectivity index (χ4n) is 8.71. The number of hydrogen-bond acceptors (Lipinski definition) is 7. The van der Waals surface area contributed by atoms with Crippen molar-refractivity contribution >= 4 is 55.7 Å². The van der Waals surface area contributed by atoms with E-state index in [1.54, 1.807) is 0 Å². The second-order valence-electron chi connectivity index (χ2n) is 17.8. The predicted molar refractivity (Wildman–Crippen MR) is 268 cm³/mol. The number of Topliss-reactive ketones (excluding diaryl/α,β-unsaturated/α-hetero) is 2. The zero-order valence-corrected chi connectivity index (χ0v) is 39.3. The molecule has 10 heteroatoms. The lowest BCUT2D eigenvalue weighted by Gasteiger charge is -2.10. The third kappa shape index (κ3) is 10.2. The van der Waals surface area contributed by atoms with Crippen LogP contribution in [0.1, 0.15) is 70.3 Å². The molecule has 0 atom stereocenters. The Morgan fingerprint density at radius 3 is 1.52 bits per heavy atom. The van der Waals surface area contributed by atoms with Crippen molar-refractivity contribution in [2.45, 2.75) is 68.2 Å². The largest absolute Gasteiger partial charge is 0.494 e. The number of fused-ring (bicyclic) bond motifs is 3. The van der Waals surface area contributed by atoms with Gasteiger partial charge in [0, 0.05) is 70.1 Å². The zero-order valence-electron chi connectivity index (χ0n) is 39.3. The van der Waals surface area contributed by atoms with Gasteiger partial charge < -0.3 is 20.1 Å². The van der Waals surface area contributed by atoms with Crippen LogP contribution in [0.5, 0.6) is 11.8 Å². The van der Waals surface area contributed by atoms with Gasteiger partial charge in [-0.05, 0) is 151 Å². The lowest BCUT2D eigenvalue weighted by atomic mass is 10.1. The van der Waals surface area contributed by atoms with Crippen LogP contribution in [0.15, 0.2) is 113 Å². The van der Waals surface area contributed by atoms with E-state index >= 15 is 0 Å². The Balaban J connectivity index is 0.000000197. The number of aromatic nitrogens is 3. The molecule has 0 bridgehead atoms. The van der Waals surface area contributed by atoms with Gasteiger partial charge in [0.2, 0.25) is 11.8 Å². The number of aliphatic imine (C=N–C) groups is 2. The molecule has 0 saturated heterocycles. The van der Waals surface area contributed by atoms with Gasteiger partial charge in [-0.25, -0.2) is 0 Å². The van der Waals surface area contributed by atoms with Crippen LogP contribution in [0.25, 0.3) is 44.1 Å². The molecule has 0 fully saturated rings. The molecule has 0 aliphatic carbocycles. The first-order chi connectivity index (χ1) is 31.0. The first-order valence-electron chi connectivity index (χ1n) is 22.1. The Morgan fingerprint density at radius 1 is 0.585 bits per heavy atom. The number of ketones is 2. The van der Waals surface area contributed by atoms with Gasteiger partial charge >= 0.3 is 0 Å². The molecule has 3 heterocycles. The van der Waals surface area contributed by atoms with E-state index in [-0.39, 0.29) is 36.4 Å². The first-order valence-corrected chi connectivity index (χ1v) is 22.1. The van der Waals surface area contributed by atoms with E-state index in [4.69, 9.17) is 0 Å². The summed E-state index contributed by atoms with van der Waals surface area (Å²) >= 11 is 0. The number of carbonyl (C=O) groups excluding carboxylic acids is 2. The molecule has 3 aromatic heterocycles. The number of benzene rings is 5. The number of aromatic hydroxyl groups is 2. The smallest absolute Gasteiger partial charge is 0.206 e. The molecular formula is C55H60N6O4. The summed E-state index contributed by atoms with van der Waals surface area (Å²) in [4.78, 5) is 39.3. The maximum atomic E-state index is 12.8. The van der Waals surface area contributed by atoms with E-state index in [1.165, 1.54) is 0 Å². The molecule has 0 radical (unpaired) electrons. The van der Waals surface area contributed by atoms with Crippen LogP contribution >= 0.6 is 0 Å². The van der Waals surface area contributed by atoms with Crippen molar-refractivity contribution < 1.29 is 19.8 Å². The number of rotatable bonds is 13. The molecule has 10 nitrogen and oxygen atoms in total. The third-order valence-electron chi connectivity index (χ3n) is 11.7. The Kier molecular flexibility index (Phi) is 13.7. The summed E-state index contributed by atoms with van der Waals surface area (Å²) in [5, 5.41) is 25.5. The van der Waals surface area contributed by atoms with Crippen LogP contribution in [0.3, 0.4) is 0 Å². The van der Waals surface area contributed by atoms with Gasteiger partial charge in [-0.1, -0.05) is 54.6 Å². The number of nitrogens with zero attached hydrogens (tertiary/aromatic N) is 5. The van der Waals surface area contributed by atoms with Gasteiger partial charge in [0.05, 0.1) is 35.2 Å². The number of hydrogen-bond donors (Lipinski definition) is 3. The van der Waals surface area contributed by atoms with Gasteiger partial charge in [-0.15, -0.1) is 0 Å². The van der Waals surface area contributed by atoms with Crippen molar-refractivity contribution in [2.75, 3.05) is 33.7 Å². The molecule has 5 aromatic carbocycles. The van der Waals surface area contributed by atoms with Crippen molar-refractivity contribution in [3.05, 3.63) is 153 Å². The van der Waals surface area contributed by atoms with Crippen molar-refractivity contribution in [1.82, 2.24) is 19.0 Å². The molecule has 0 unspecified atom stereocenters. The van der Waals surface area contributed by atoms with Gasteiger partial charge in [-0.3, -0.25) is 28.7 Å². The second kappa shape index (κ2) is 19.4. The van der Waals surface area contributed by atoms with E-state index in [1.807, 2.05) is 111 Å². The maximum Gasteiger partial charge on any atom is 0.206 e. The average molecular weight is 869 g/mol. The third-order valence-corrected chi connectivity index (χ3v) is 11.7. The molecule has 8 rings (SSSR count). The number of aromatic amines is 1. The van der Waals surface area contributed by atoms with Crippen LogP contribution in [-0.2, 0) is 16.0 Å². The molecule has 0 aliphatic heterocycles. The fraction of sp³-hybridized carbons (Fsp3) is 0.273. The molecule has 334 valence electrons. The van der Waals surface area contributed by atoms with Crippen molar-refractivity contribution in [3.8, 4) is 23.1 Å². The van der Waals surface area contributed by atoms with Crippen LogP contribution < -0.4 is 0 Å². The van der Waals surface area contributed by atoms with Gasteiger partial charge in [0.25, 0.3) is 0 Å². The average Bonchev–Trinajstić information content (AvgIpc) is 3.88. The molecule has 0 saturated carbocycles. The summed E-state index contributed by atoms with van der Waals surface area (Å²) in [6, 6.07) is 32.7. The Morgan fingerprint density at radius 2 is 1.05 bits per heavy atom. The SMILES string of the molecule is CC(=NCC(=O)CCN(C)C)c1c(O)n(-c2cc(C)cc(C)c2)c2cc(C)ccc12.CC(=NCC(=O)Cc1c[nH]c2ccccc12)c1c(O)n(-c2cc(C)cc(C)c2)c2cc(C)ccc12. The molecule has 3 N–H and O–H groups in total. The molecule has 65 heavy (non-hydrogen) atoms. The zero-order chi connectivity index (χ0) is 46.7. The van der Waals surface area contributed by atoms with Crippen LogP contribution in [-0.4, -0.2) is 86.0 Å². The molecule has 0 spiro atoms. The molecular weight excluding hydrogens is 809 g/mol. The summed E-state index contributed by atoms with van der Waals surface area (Å²) < 4.78 is 3.76.